The highest BCUT2D eigenvalue weighted by Crippen LogP contribution is 2.36. The van der Waals surface area contributed by atoms with Crippen LogP contribution >= 0.6 is 0 Å². The largest absolute Gasteiger partial charge is 0.481 e. The zero-order valence-electron chi connectivity index (χ0n) is 29.6. The van der Waals surface area contributed by atoms with E-state index in [0.29, 0.717) is 73.0 Å². The summed E-state index contributed by atoms with van der Waals surface area (Å²) in [7, 11) is 0. The molecule has 0 bridgehead atoms. The number of carbonyl (C=O) groups is 1. The number of oxazole rings is 1. The quantitative estimate of drug-likeness (QED) is 0.174. The number of aliphatic carboxylic acids is 1. The van der Waals surface area contributed by atoms with Crippen molar-refractivity contribution in [1.82, 2.24) is 29.7 Å². The molecule has 6 aromatic rings. The number of pyridine rings is 3. The van der Waals surface area contributed by atoms with Gasteiger partial charge in [-0.15, -0.1) is 0 Å². The average Bonchev–Trinajstić information content (AvgIpc) is 3.94. The number of carboxylic acid groups (broad SMARTS) is 1. The van der Waals surface area contributed by atoms with Crippen LogP contribution in [0.15, 0.2) is 71.5 Å². The zero-order valence-corrected chi connectivity index (χ0v) is 29.6. The number of aliphatic hydroxyl groups is 1. The third-order valence-electron chi connectivity index (χ3n) is 10.4. The van der Waals surface area contributed by atoms with E-state index in [2.05, 4.69) is 31.9 Å². The second-order valence-corrected chi connectivity index (χ2v) is 14.0. The molecule has 2 aliphatic heterocycles. The first-order chi connectivity index (χ1) is 26.3. The van der Waals surface area contributed by atoms with Crippen LogP contribution in [0.4, 0.5) is 0 Å². The van der Waals surface area contributed by atoms with Crippen molar-refractivity contribution in [3.63, 3.8) is 0 Å². The third-order valence-corrected chi connectivity index (χ3v) is 10.4. The lowest BCUT2D eigenvalue weighted by atomic mass is 9.93. The van der Waals surface area contributed by atoms with Gasteiger partial charge in [-0.05, 0) is 91.0 Å². The Morgan fingerprint density at radius 2 is 1.76 bits per heavy atom. The first-order valence-corrected chi connectivity index (χ1v) is 17.9. The molecule has 0 amide bonds. The van der Waals surface area contributed by atoms with Crippen molar-refractivity contribution in [1.29, 1.82) is 10.5 Å². The van der Waals surface area contributed by atoms with E-state index >= 15 is 0 Å². The minimum atomic E-state index is -0.761. The number of β-amino-alcohol motifs (C(OH)–C–C–N with tert-alkyl or cyclic N) is 1. The predicted molar refractivity (Wildman–Crippen MR) is 202 cm³/mol. The topological polar surface area (TPSA) is 176 Å². The molecular formula is C42H36N8O4. The molecule has 0 saturated carbocycles. The van der Waals surface area contributed by atoms with Crippen LogP contribution in [0.1, 0.15) is 52.0 Å². The highest BCUT2D eigenvalue weighted by molar-refractivity contribution is 5.87. The first-order valence-electron chi connectivity index (χ1n) is 17.9. The number of fused-ring (bicyclic) bond motifs is 2. The van der Waals surface area contributed by atoms with E-state index < -0.39 is 5.97 Å². The monoisotopic (exact) mass is 716 g/mol. The highest BCUT2D eigenvalue weighted by atomic mass is 16.4. The molecule has 54 heavy (non-hydrogen) atoms. The van der Waals surface area contributed by atoms with Crippen LogP contribution in [0.3, 0.4) is 0 Å². The molecule has 2 fully saturated rings. The fourth-order valence-corrected chi connectivity index (χ4v) is 7.61. The standard InChI is InChI=1S/C42H36N8O4/c1-25-32(3-2-4-33(25)41-48-37-17-27(16-30(18-43)40(37)54-41)21-49-14-10-31(51)23-49)34-8-12-45-36(35(34)19-44)6-5-26-15-28-7-11-46-38(39(28)47-20-26)24-50-13-9-29(22-50)42(52)53/h2-8,11-12,15-17,20,29,31,51H,9-10,13-14,21-24H2,1H3,(H,52,53)/b6-5+/t29-,31-/m1/s1. The van der Waals surface area contributed by atoms with E-state index in [4.69, 9.17) is 14.4 Å². The van der Waals surface area contributed by atoms with Crippen molar-refractivity contribution in [3.05, 3.63) is 106 Å². The van der Waals surface area contributed by atoms with Crippen LogP contribution in [-0.4, -0.2) is 78.2 Å². The maximum absolute atomic E-state index is 11.4. The lowest BCUT2D eigenvalue weighted by Gasteiger charge is -2.15. The van der Waals surface area contributed by atoms with Gasteiger partial charge < -0.3 is 14.6 Å². The van der Waals surface area contributed by atoms with E-state index in [1.54, 1.807) is 18.6 Å². The Bertz CT molecular complexity index is 2550. The lowest BCUT2D eigenvalue weighted by Crippen LogP contribution is -2.23. The molecule has 2 N–H and O–H groups in total. The van der Waals surface area contributed by atoms with Crippen LogP contribution in [0.2, 0.25) is 0 Å². The molecule has 4 aromatic heterocycles. The van der Waals surface area contributed by atoms with Gasteiger partial charge in [0.2, 0.25) is 5.89 Å². The van der Waals surface area contributed by atoms with Gasteiger partial charge in [-0.3, -0.25) is 29.5 Å². The summed E-state index contributed by atoms with van der Waals surface area (Å²) >= 11 is 0. The predicted octanol–water partition coefficient (Wildman–Crippen LogP) is 6.20. The summed E-state index contributed by atoms with van der Waals surface area (Å²) in [5.41, 5.74) is 8.85. The molecule has 12 nitrogen and oxygen atoms in total. The fourth-order valence-electron chi connectivity index (χ4n) is 7.61. The van der Waals surface area contributed by atoms with E-state index in [1.165, 1.54) is 0 Å². The van der Waals surface area contributed by atoms with Gasteiger partial charge in [0, 0.05) is 67.8 Å². The molecule has 0 aliphatic carbocycles. The third kappa shape index (κ3) is 6.82. The summed E-state index contributed by atoms with van der Waals surface area (Å²) in [4.78, 5) is 34.3. The molecule has 0 radical (unpaired) electrons. The fraction of sp³-hybridized carbons (Fsp3) is 0.262. The van der Waals surface area contributed by atoms with E-state index in [-0.39, 0.29) is 12.0 Å². The molecule has 0 spiro atoms. The number of nitrogens with zero attached hydrogens (tertiary/aromatic N) is 8. The Hall–Kier alpha value is -6.31. The number of hydrogen-bond donors (Lipinski definition) is 2. The van der Waals surface area contributed by atoms with Crippen LogP contribution in [0.5, 0.6) is 0 Å². The van der Waals surface area contributed by atoms with Crippen molar-refractivity contribution in [3.8, 4) is 34.7 Å². The smallest absolute Gasteiger partial charge is 0.307 e. The van der Waals surface area contributed by atoms with Crippen LogP contribution in [0.25, 0.3) is 56.7 Å². The summed E-state index contributed by atoms with van der Waals surface area (Å²) < 4.78 is 6.23. The van der Waals surface area contributed by atoms with E-state index in [0.717, 1.165) is 62.9 Å². The number of aliphatic hydroxyl groups excluding tert-OH is 1. The van der Waals surface area contributed by atoms with E-state index in [1.807, 2.05) is 67.6 Å². The molecule has 2 aliphatic rings. The number of aromatic nitrogens is 4. The SMILES string of the molecule is Cc1c(-c2nc3cc(CN4CC[C@@H](O)C4)cc(C#N)c3o2)cccc1-c1ccnc(/C=C/c2cnc3c(CN4CC[C@@H](C(=O)O)C4)nccc3c2)c1C#N. The Morgan fingerprint density at radius 3 is 2.54 bits per heavy atom. The summed E-state index contributed by atoms with van der Waals surface area (Å²) in [6.45, 7) is 5.72. The maximum Gasteiger partial charge on any atom is 0.307 e. The number of benzene rings is 2. The second-order valence-electron chi connectivity index (χ2n) is 14.0. The van der Waals surface area contributed by atoms with Crippen molar-refractivity contribution in [2.75, 3.05) is 26.2 Å². The van der Waals surface area contributed by atoms with Crippen LogP contribution in [0, 0.1) is 35.5 Å². The Morgan fingerprint density at radius 1 is 0.944 bits per heavy atom. The van der Waals surface area contributed by atoms with Gasteiger partial charge in [0.25, 0.3) is 0 Å². The minimum absolute atomic E-state index is 0.328. The highest BCUT2D eigenvalue weighted by Gasteiger charge is 2.28. The normalized spacial score (nSPS) is 17.8. The molecule has 2 aromatic carbocycles. The van der Waals surface area contributed by atoms with Gasteiger partial charge in [0.05, 0.1) is 40.1 Å². The van der Waals surface area contributed by atoms with Gasteiger partial charge >= 0.3 is 5.97 Å². The second kappa shape index (κ2) is 14.6. The summed E-state index contributed by atoms with van der Waals surface area (Å²) in [5, 5.41) is 40.6. The molecule has 8 rings (SSSR count). The van der Waals surface area contributed by atoms with Gasteiger partial charge in [-0.2, -0.15) is 10.5 Å². The van der Waals surface area contributed by atoms with Gasteiger partial charge in [-0.1, -0.05) is 18.2 Å². The van der Waals surface area contributed by atoms with Gasteiger partial charge in [-0.25, -0.2) is 4.98 Å². The number of nitriles is 2. The first kappa shape index (κ1) is 34.8. The van der Waals surface area contributed by atoms with Crippen molar-refractivity contribution in [2.24, 2.45) is 5.92 Å². The molecule has 12 heteroatoms. The molecule has 0 unspecified atom stereocenters. The number of rotatable bonds is 9. The van der Waals surface area contributed by atoms with Gasteiger partial charge in [0.15, 0.2) is 5.58 Å². The van der Waals surface area contributed by atoms with Crippen LogP contribution < -0.4 is 0 Å². The Balaban J connectivity index is 1.06. The molecule has 2 atom stereocenters. The molecule has 2 saturated heterocycles. The lowest BCUT2D eigenvalue weighted by molar-refractivity contribution is -0.141. The summed E-state index contributed by atoms with van der Waals surface area (Å²) in [6, 6.07) is 19.9. The van der Waals surface area contributed by atoms with Crippen molar-refractivity contribution >= 4 is 40.1 Å². The van der Waals surface area contributed by atoms with Crippen molar-refractivity contribution < 1.29 is 19.4 Å². The summed E-state index contributed by atoms with van der Waals surface area (Å²) in [5.74, 6) is -0.733. The molecule has 268 valence electrons. The van der Waals surface area contributed by atoms with E-state index in [9.17, 15) is 25.5 Å². The van der Waals surface area contributed by atoms with Crippen molar-refractivity contribution in [2.45, 2.75) is 39.0 Å². The minimum Gasteiger partial charge on any atom is -0.481 e. The maximum atomic E-state index is 11.4. The number of hydrogen-bond acceptors (Lipinski definition) is 11. The number of likely N-dealkylation sites (tertiary alicyclic amines) is 2. The van der Waals surface area contributed by atoms with Crippen LogP contribution in [-0.2, 0) is 17.9 Å². The van der Waals surface area contributed by atoms with Gasteiger partial charge in [0.1, 0.15) is 17.7 Å². The summed E-state index contributed by atoms with van der Waals surface area (Å²) in [6.07, 6.45) is 9.92. The Labute approximate surface area is 311 Å². The Kier molecular flexibility index (Phi) is 9.40. The average molecular weight is 717 g/mol. The zero-order chi connectivity index (χ0) is 37.3. The molecular weight excluding hydrogens is 681 g/mol. The molecule has 6 heterocycles. The number of carboxylic acids is 1.